The minimum absolute atomic E-state index is 0.0139. The van der Waals surface area contributed by atoms with Crippen LogP contribution in [-0.4, -0.2) is 36.2 Å². The van der Waals surface area contributed by atoms with E-state index in [4.69, 9.17) is 13.9 Å². The van der Waals surface area contributed by atoms with Crippen LogP contribution in [0.5, 0.6) is 17.2 Å². The van der Waals surface area contributed by atoms with Gasteiger partial charge in [-0.3, -0.25) is 4.79 Å². The average molecular weight is 453 g/mol. The number of hydrogen-bond acceptors (Lipinski definition) is 8. The number of phenols is 1. The third kappa shape index (κ3) is 4.40. The minimum atomic E-state index is -1.17. The van der Waals surface area contributed by atoms with Gasteiger partial charge in [-0.15, -0.1) is 0 Å². The number of carboxylic acids is 1. The maximum Gasteiger partial charge on any atom is 0.378 e. The smallest absolute Gasteiger partial charge is 0.378 e. The molecule has 2 aromatic carbocycles. The molecule has 2 atom stereocenters. The van der Waals surface area contributed by atoms with Crippen LogP contribution in [0.4, 0.5) is 0 Å². The lowest BCUT2D eigenvalue weighted by molar-refractivity contribution is -0.919. The van der Waals surface area contributed by atoms with Crippen molar-refractivity contribution in [2.75, 3.05) is 13.2 Å². The summed E-state index contributed by atoms with van der Waals surface area (Å²) in [6.45, 7) is 2.29. The van der Waals surface area contributed by atoms with Gasteiger partial charge in [0.2, 0.25) is 11.2 Å². The van der Waals surface area contributed by atoms with E-state index in [2.05, 4.69) is 0 Å². The molecule has 1 fully saturated rings. The number of fused-ring (bicyclic) bond motifs is 1. The first-order valence-electron chi connectivity index (χ1n) is 10.7. The predicted octanol–water partition coefficient (Wildman–Crippen LogP) is 0.765. The molecule has 4 rings (SSSR count). The Morgan fingerprint density at radius 3 is 2.67 bits per heavy atom. The molecule has 3 aromatic rings. The van der Waals surface area contributed by atoms with Gasteiger partial charge < -0.3 is 33.8 Å². The molecular formula is C24H23NO8. The molecule has 1 aliphatic heterocycles. The van der Waals surface area contributed by atoms with Crippen molar-refractivity contribution < 1.29 is 38.6 Å². The van der Waals surface area contributed by atoms with Crippen LogP contribution < -0.4 is 20.2 Å². The Bertz CT molecular complexity index is 1250. The number of rotatable bonds is 7. The standard InChI is InChI=1S/C24H23NO8/c1-2-31-24(30)22-21(32-14-7-4-3-5-8-14)19(27)15-10-11-18(26)16(20(15)33-22)13-25-12-6-9-17(25)23(28)29/h3-5,7-8,10-11,17,26H,2,6,9,12-13H2,1H3,(H,28,29)/t17-/m1/s1. The third-order valence-corrected chi connectivity index (χ3v) is 5.69. The summed E-state index contributed by atoms with van der Waals surface area (Å²) in [7, 11) is 0. The minimum Gasteiger partial charge on any atom is -0.544 e. The molecule has 2 heterocycles. The lowest BCUT2D eigenvalue weighted by atomic mass is 10.1. The molecular weight excluding hydrogens is 430 g/mol. The summed E-state index contributed by atoms with van der Waals surface area (Å²) in [5, 5.41) is 22.1. The van der Waals surface area contributed by atoms with Crippen LogP contribution >= 0.6 is 0 Å². The van der Waals surface area contributed by atoms with Crippen LogP contribution in [0, 0.1) is 0 Å². The topological polar surface area (TPSA) is 131 Å². The van der Waals surface area contributed by atoms with Gasteiger partial charge in [0.05, 0.1) is 30.1 Å². The molecule has 0 bridgehead atoms. The molecule has 2 N–H and O–H groups in total. The number of carboxylic acid groups (broad SMARTS) is 1. The van der Waals surface area contributed by atoms with Crippen molar-refractivity contribution >= 4 is 22.9 Å². The number of carbonyl (C=O) groups excluding carboxylic acids is 2. The van der Waals surface area contributed by atoms with E-state index < -0.39 is 29.2 Å². The second-order valence-electron chi connectivity index (χ2n) is 7.76. The molecule has 9 heteroatoms. The normalized spacial score (nSPS) is 17.7. The van der Waals surface area contributed by atoms with Gasteiger partial charge in [-0.1, -0.05) is 18.2 Å². The Balaban J connectivity index is 1.87. The highest BCUT2D eigenvalue weighted by Crippen LogP contribution is 2.31. The fourth-order valence-electron chi connectivity index (χ4n) is 4.12. The van der Waals surface area contributed by atoms with Gasteiger partial charge in [0.15, 0.2) is 5.58 Å². The van der Waals surface area contributed by atoms with Gasteiger partial charge in [0, 0.05) is 12.8 Å². The molecule has 1 aromatic heterocycles. The van der Waals surface area contributed by atoms with E-state index in [9.17, 15) is 24.6 Å². The maximum atomic E-state index is 13.4. The lowest BCUT2D eigenvalue weighted by Crippen LogP contribution is -3.14. The Kier molecular flexibility index (Phi) is 6.32. The van der Waals surface area contributed by atoms with Gasteiger partial charge in [0.25, 0.3) is 5.76 Å². The van der Waals surface area contributed by atoms with Crippen molar-refractivity contribution in [1.29, 1.82) is 0 Å². The second-order valence-corrected chi connectivity index (χ2v) is 7.76. The molecule has 0 amide bonds. The summed E-state index contributed by atoms with van der Waals surface area (Å²) >= 11 is 0. The van der Waals surface area contributed by atoms with Crippen LogP contribution in [0.3, 0.4) is 0 Å². The largest absolute Gasteiger partial charge is 0.544 e. The Labute approximate surface area is 188 Å². The summed E-state index contributed by atoms with van der Waals surface area (Å²) in [6.07, 6.45) is 1.14. The number of quaternary nitrogens is 1. The first-order chi connectivity index (χ1) is 15.9. The molecule has 33 heavy (non-hydrogen) atoms. The van der Waals surface area contributed by atoms with E-state index in [1.54, 1.807) is 37.3 Å². The summed E-state index contributed by atoms with van der Waals surface area (Å²) in [4.78, 5) is 38.2. The monoisotopic (exact) mass is 453 g/mol. The van der Waals surface area contributed by atoms with Crippen molar-refractivity contribution in [3.05, 3.63) is 64.0 Å². The molecule has 0 aliphatic carbocycles. The number of carbonyl (C=O) groups is 2. The summed E-state index contributed by atoms with van der Waals surface area (Å²) in [6, 6.07) is 10.4. The highest BCUT2D eigenvalue weighted by atomic mass is 16.6. The van der Waals surface area contributed by atoms with Gasteiger partial charge in [0.1, 0.15) is 24.1 Å². The Hall–Kier alpha value is -3.85. The fourth-order valence-corrected chi connectivity index (χ4v) is 4.12. The van der Waals surface area contributed by atoms with Crippen molar-refractivity contribution in [2.45, 2.75) is 32.4 Å². The lowest BCUT2D eigenvalue weighted by Gasteiger charge is -2.23. The Morgan fingerprint density at radius 1 is 1.21 bits per heavy atom. The van der Waals surface area contributed by atoms with Crippen molar-refractivity contribution in [3.63, 3.8) is 0 Å². The molecule has 1 aliphatic rings. The van der Waals surface area contributed by atoms with Gasteiger partial charge >= 0.3 is 5.97 Å². The number of aromatic hydroxyl groups is 1. The average Bonchev–Trinajstić information content (AvgIpc) is 3.27. The van der Waals surface area contributed by atoms with Crippen molar-refractivity contribution in [2.24, 2.45) is 0 Å². The number of phenolic OH excluding ortho intramolecular Hbond substituents is 1. The number of para-hydroxylation sites is 1. The Morgan fingerprint density at radius 2 is 1.97 bits per heavy atom. The van der Waals surface area contributed by atoms with E-state index in [0.29, 0.717) is 30.0 Å². The number of benzene rings is 2. The van der Waals surface area contributed by atoms with Gasteiger partial charge in [-0.2, -0.15) is 0 Å². The number of hydrogen-bond donors (Lipinski definition) is 2. The first kappa shape index (κ1) is 22.3. The maximum absolute atomic E-state index is 13.4. The molecule has 0 saturated carbocycles. The number of likely N-dealkylation sites (tertiary alicyclic amines) is 1. The van der Waals surface area contributed by atoms with Crippen LogP contribution in [-0.2, 0) is 16.1 Å². The van der Waals surface area contributed by atoms with Crippen LogP contribution in [0.1, 0.15) is 35.9 Å². The third-order valence-electron chi connectivity index (χ3n) is 5.69. The molecule has 172 valence electrons. The summed E-state index contributed by atoms with van der Waals surface area (Å²) in [5.74, 6) is -2.67. The number of esters is 1. The van der Waals surface area contributed by atoms with Crippen LogP contribution in [0.15, 0.2) is 51.7 Å². The highest BCUT2D eigenvalue weighted by Gasteiger charge is 2.32. The van der Waals surface area contributed by atoms with E-state index in [-0.39, 0.29) is 41.2 Å². The fraction of sp³-hybridized carbons (Fsp3) is 0.292. The van der Waals surface area contributed by atoms with Crippen LogP contribution in [0.2, 0.25) is 0 Å². The zero-order valence-corrected chi connectivity index (χ0v) is 18.0. The highest BCUT2D eigenvalue weighted by molar-refractivity contribution is 5.93. The van der Waals surface area contributed by atoms with E-state index in [0.717, 1.165) is 0 Å². The predicted molar refractivity (Wildman–Crippen MR) is 114 cm³/mol. The zero-order valence-electron chi connectivity index (χ0n) is 18.0. The van der Waals surface area contributed by atoms with Gasteiger partial charge in [-0.05, 0) is 31.2 Å². The summed E-state index contributed by atoms with van der Waals surface area (Å²) in [5.41, 5.74) is -0.401. The van der Waals surface area contributed by atoms with E-state index in [1.165, 1.54) is 12.1 Å². The molecule has 1 unspecified atom stereocenters. The van der Waals surface area contributed by atoms with Crippen molar-refractivity contribution in [1.82, 2.24) is 0 Å². The second kappa shape index (κ2) is 9.33. The molecule has 0 radical (unpaired) electrons. The van der Waals surface area contributed by atoms with Crippen LogP contribution in [0.25, 0.3) is 11.0 Å². The van der Waals surface area contributed by atoms with E-state index >= 15 is 0 Å². The number of aliphatic carboxylic acids is 1. The first-order valence-corrected chi connectivity index (χ1v) is 10.7. The quantitative estimate of drug-likeness (QED) is 0.502. The zero-order chi connectivity index (χ0) is 23.5. The van der Waals surface area contributed by atoms with Crippen molar-refractivity contribution in [3.8, 4) is 17.2 Å². The number of ether oxygens (including phenoxy) is 2. The van der Waals surface area contributed by atoms with Gasteiger partial charge in [-0.25, -0.2) is 4.79 Å². The molecule has 1 saturated heterocycles. The molecule has 9 nitrogen and oxygen atoms in total. The van der Waals surface area contributed by atoms with E-state index in [1.807, 2.05) is 0 Å². The molecule has 0 spiro atoms. The summed E-state index contributed by atoms with van der Waals surface area (Å²) < 4.78 is 16.6. The number of nitrogens with one attached hydrogen (secondary N) is 1. The SMILES string of the molecule is CCOC(=O)c1oc2c(C[NH+]3CCC[C@@H]3C(=O)[O-])c(O)ccc2c(=O)c1Oc1ccccc1.